The van der Waals surface area contributed by atoms with E-state index in [1.54, 1.807) is 18.2 Å². The Hall–Kier alpha value is -4.41. The number of nitrogens with one attached hydrogen (secondary N) is 1. The number of sulfonamides is 1. The van der Waals surface area contributed by atoms with Crippen LogP contribution in [0.25, 0.3) is 0 Å². The molecule has 0 spiro atoms. The van der Waals surface area contributed by atoms with Crippen LogP contribution in [0.4, 0.5) is 10.1 Å². The van der Waals surface area contributed by atoms with Gasteiger partial charge >= 0.3 is 0 Å². The lowest BCUT2D eigenvalue weighted by Gasteiger charge is -2.34. The van der Waals surface area contributed by atoms with E-state index in [1.165, 1.54) is 60.5 Å². The van der Waals surface area contributed by atoms with Crippen LogP contribution in [0.3, 0.4) is 0 Å². The second-order valence-electron chi connectivity index (χ2n) is 11.3. The molecule has 47 heavy (non-hydrogen) atoms. The first kappa shape index (κ1) is 35.4. The number of rotatable bonds is 14. The van der Waals surface area contributed by atoms with Crippen LogP contribution < -0.4 is 14.4 Å². The molecule has 0 aromatic heterocycles. The molecule has 2 amide bonds. The van der Waals surface area contributed by atoms with Gasteiger partial charge in [0, 0.05) is 24.6 Å². The number of benzene rings is 4. The van der Waals surface area contributed by atoms with Crippen molar-refractivity contribution in [3.05, 3.63) is 125 Å². The highest BCUT2D eigenvalue weighted by Gasteiger charge is 2.35. The Morgan fingerprint density at radius 1 is 0.957 bits per heavy atom. The number of halogens is 2. The van der Waals surface area contributed by atoms with E-state index in [-0.39, 0.29) is 40.2 Å². The van der Waals surface area contributed by atoms with Crippen LogP contribution in [-0.4, -0.2) is 50.9 Å². The molecule has 0 aliphatic carbocycles. The van der Waals surface area contributed by atoms with E-state index in [0.29, 0.717) is 12.2 Å². The summed E-state index contributed by atoms with van der Waals surface area (Å²) in [7, 11) is -2.90. The average molecular weight is 680 g/mol. The first-order chi connectivity index (χ1) is 22.4. The Labute approximate surface area is 281 Å². The van der Waals surface area contributed by atoms with Crippen LogP contribution in [0.5, 0.6) is 5.75 Å². The monoisotopic (exact) mass is 679 g/mol. The van der Waals surface area contributed by atoms with Crippen molar-refractivity contribution in [2.24, 2.45) is 0 Å². The van der Waals surface area contributed by atoms with Gasteiger partial charge in [-0.15, -0.1) is 0 Å². The molecular weight excluding hydrogens is 641 g/mol. The third-order valence-corrected chi connectivity index (χ3v) is 9.97. The number of aryl methyl sites for hydroxylation is 1. The standard InChI is InChI=1S/C36H39ClFN3O5S/c1-5-26(3)39-36(43)33(21-27-11-7-6-8-12-27)40(23-28-13-9-10-14-32(28)38)35(42)24-41(29-17-20-34(46-4)31(37)22-29)47(44,45)30-18-15-25(2)16-19-30/h6-20,22,26,33H,5,21,23-24H2,1-4H3,(H,39,43)/t26-,33+/m1/s1. The smallest absolute Gasteiger partial charge is 0.264 e. The van der Waals surface area contributed by atoms with Crippen LogP contribution in [0.2, 0.25) is 5.02 Å². The summed E-state index contributed by atoms with van der Waals surface area (Å²) in [5, 5.41) is 3.10. The lowest BCUT2D eigenvalue weighted by Crippen LogP contribution is -2.54. The van der Waals surface area contributed by atoms with E-state index in [2.05, 4.69) is 5.32 Å². The Bertz CT molecular complexity index is 1790. The minimum atomic E-state index is -4.33. The van der Waals surface area contributed by atoms with Crippen LogP contribution in [-0.2, 0) is 32.6 Å². The molecule has 4 rings (SSSR count). The van der Waals surface area contributed by atoms with Crippen LogP contribution in [0.15, 0.2) is 102 Å². The zero-order valence-electron chi connectivity index (χ0n) is 26.8. The highest BCUT2D eigenvalue weighted by molar-refractivity contribution is 7.92. The summed E-state index contributed by atoms with van der Waals surface area (Å²) < 4.78 is 49.7. The molecule has 248 valence electrons. The van der Waals surface area contributed by atoms with Crippen molar-refractivity contribution in [2.45, 2.75) is 57.1 Å². The summed E-state index contributed by atoms with van der Waals surface area (Å²) in [6.07, 6.45) is 0.758. The van der Waals surface area contributed by atoms with Gasteiger partial charge < -0.3 is 15.0 Å². The SMILES string of the molecule is CC[C@@H](C)NC(=O)[C@H](Cc1ccccc1)N(Cc1ccccc1F)C(=O)CN(c1ccc(OC)c(Cl)c1)S(=O)(=O)c1ccc(C)cc1. The van der Waals surface area contributed by atoms with Crippen molar-refractivity contribution >= 4 is 39.1 Å². The van der Waals surface area contributed by atoms with Gasteiger partial charge in [-0.2, -0.15) is 0 Å². The molecule has 0 bridgehead atoms. The number of hydrogen-bond acceptors (Lipinski definition) is 5. The summed E-state index contributed by atoms with van der Waals surface area (Å²) in [5.41, 5.74) is 1.91. The second kappa shape index (κ2) is 15.9. The molecule has 0 saturated carbocycles. The van der Waals surface area contributed by atoms with E-state index in [4.69, 9.17) is 16.3 Å². The number of carbonyl (C=O) groups is 2. The second-order valence-corrected chi connectivity index (χ2v) is 13.5. The van der Waals surface area contributed by atoms with Crippen molar-refractivity contribution in [1.82, 2.24) is 10.2 Å². The van der Waals surface area contributed by atoms with Gasteiger partial charge in [0.25, 0.3) is 10.0 Å². The molecular formula is C36H39ClFN3O5S. The molecule has 4 aromatic rings. The van der Waals surface area contributed by atoms with E-state index >= 15 is 4.39 Å². The maximum atomic E-state index is 15.1. The fourth-order valence-electron chi connectivity index (χ4n) is 4.98. The summed E-state index contributed by atoms with van der Waals surface area (Å²) in [4.78, 5) is 29.6. The topological polar surface area (TPSA) is 96.0 Å². The first-order valence-electron chi connectivity index (χ1n) is 15.2. The number of amides is 2. The molecule has 11 heteroatoms. The number of methoxy groups -OCH3 is 1. The summed E-state index contributed by atoms with van der Waals surface area (Å²) in [5.74, 6) is -1.39. The van der Waals surface area contributed by atoms with Gasteiger partial charge in [0.1, 0.15) is 24.2 Å². The predicted octanol–water partition coefficient (Wildman–Crippen LogP) is 6.55. The lowest BCUT2D eigenvalue weighted by atomic mass is 10.0. The minimum Gasteiger partial charge on any atom is -0.495 e. The molecule has 4 aromatic carbocycles. The molecule has 2 atom stereocenters. The van der Waals surface area contributed by atoms with Gasteiger partial charge in [0.15, 0.2) is 0 Å². The summed E-state index contributed by atoms with van der Waals surface area (Å²) >= 11 is 6.42. The molecule has 0 unspecified atom stereocenters. The quantitative estimate of drug-likeness (QED) is 0.163. The summed E-state index contributed by atoms with van der Waals surface area (Å²) in [6.45, 7) is 4.63. The number of hydrogen-bond donors (Lipinski definition) is 1. The lowest BCUT2D eigenvalue weighted by molar-refractivity contribution is -0.140. The van der Waals surface area contributed by atoms with Gasteiger partial charge in [-0.05, 0) is 62.2 Å². The van der Waals surface area contributed by atoms with Gasteiger partial charge in [-0.1, -0.05) is 84.8 Å². The molecule has 1 N–H and O–H groups in total. The Balaban J connectivity index is 1.84. The molecule has 0 heterocycles. The van der Waals surface area contributed by atoms with Gasteiger partial charge in [0.05, 0.1) is 22.7 Å². The predicted molar refractivity (Wildman–Crippen MR) is 182 cm³/mol. The van der Waals surface area contributed by atoms with E-state index < -0.39 is 40.2 Å². The zero-order valence-corrected chi connectivity index (χ0v) is 28.4. The summed E-state index contributed by atoms with van der Waals surface area (Å²) in [6, 6.07) is 24.5. The third kappa shape index (κ3) is 8.90. The fraction of sp³-hybridized carbons (Fsp3) is 0.278. The Morgan fingerprint density at radius 2 is 1.62 bits per heavy atom. The van der Waals surface area contributed by atoms with Crippen molar-refractivity contribution in [1.29, 1.82) is 0 Å². The van der Waals surface area contributed by atoms with Gasteiger partial charge in [-0.3, -0.25) is 13.9 Å². The number of ether oxygens (including phenoxy) is 1. The maximum absolute atomic E-state index is 15.1. The number of anilines is 1. The molecule has 0 saturated heterocycles. The van der Waals surface area contributed by atoms with Crippen molar-refractivity contribution in [3.8, 4) is 5.75 Å². The zero-order chi connectivity index (χ0) is 34.1. The third-order valence-electron chi connectivity index (χ3n) is 7.88. The van der Waals surface area contributed by atoms with Crippen LogP contribution >= 0.6 is 11.6 Å². The largest absolute Gasteiger partial charge is 0.495 e. The number of carbonyl (C=O) groups excluding carboxylic acids is 2. The van der Waals surface area contributed by atoms with E-state index in [1.807, 2.05) is 51.1 Å². The van der Waals surface area contributed by atoms with Gasteiger partial charge in [-0.25, -0.2) is 12.8 Å². The first-order valence-corrected chi connectivity index (χ1v) is 17.1. The Kier molecular flexibility index (Phi) is 12.0. The average Bonchev–Trinajstić information content (AvgIpc) is 3.06. The van der Waals surface area contributed by atoms with Crippen molar-refractivity contribution in [3.63, 3.8) is 0 Å². The van der Waals surface area contributed by atoms with E-state index in [0.717, 1.165) is 15.4 Å². The van der Waals surface area contributed by atoms with Gasteiger partial charge in [0.2, 0.25) is 11.8 Å². The van der Waals surface area contributed by atoms with Crippen LogP contribution in [0.1, 0.15) is 37.0 Å². The minimum absolute atomic E-state index is 0.0427. The van der Waals surface area contributed by atoms with E-state index in [9.17, 15) is 18.0 Å². The molecule has 0 aliphatic rings. The van der Waals surface area contributed by atoms with Crippen molar-refractivity contribution < 1.29 is 27.1 Å². The Morgan fingerprint density at radius 3 is 2.23 bits per heavy atom. The number of nitrogens with zero attached hydrogens (tertiary/aromatic N) is 2. The van der Waals surface area contributed by atoms with Crippen molar-refractivity contribution in [2.75, 3.05) is 18.0 Å². The highest BCUT2D eigenvalue weighted by atomic mass is 35.5. The molecule has 8 nitrogen and oxygen atoms in total. The molecule has 0 fully saturated rings. The highest BCUT2D eigenvalue weighted by Crippen LogP contribution is 2.32. The van der Waals surface area contributed by atoms with Crippen LogP contribution in [0, 0.1) is 12.7 Å². The maximum Gasteiger partial charge on any atom is 0.264 e. The molecule has 0 radical (unpaired) electrons. The molecule has 0 aliphatic heterocycles. The fourth-order valence-corrected chi connectivity index (χ4v) is 6.64. The normalized spacial score (nSPS) is 12.6.